The topological polar surface area (TPSA) is 156 Å². The van der Waals surface area contributed by atoms with Gasteiger partial charge >= 0.3 is 5.97 Å². The molecule has 0 saturated carbocycles. The Morgan fingerprint density at radius 1 is 1.45 bits per heavy atom. The lowest BCUT2D eigenvalue weighted by Gasteiger charge is -2.24. The second-order valence-electron chi connectivity index (χ2n) is 7.43. The molecule has 4 atom stereocenters. The fraction of sp³-hybridized carbons (Fsp3) is 0.524. The number of ether oxygens (including phenoxy) is 2. The molecule has 2 aromatic rings. The van der Waals surface area contributed by atoms with Crippen molar-refractivity contribution in [1.82, 2.24) is 14.6 Å². The highest BCUT2D eigenvalue weighted by Crippen LogP contribution is 2.41. The summed E-state index contributed by atoms with van der Waals surface area (Å²) in [5, 5.41) is 35.3. The van der Waals surface area contributed by atoms with Gasteiger partial charge in [-0.1, -0.05) is 32.1 Å². The summed E-state index contributed by atoms with van der Waals surface area (Å²) < 4.78 is 12.2. The minimum Gasteiger partial charge on any atom is -0.463 e. The molecule has 4 N–H and O–H groups in total. The quantitative estimate of drug-likeness (QED) is 0.312. The van der Waals surface area contributed by atoms with Gasteiger partial charge in [-0.3, -0.25) is 4.79 Å². The highest BCUT2D eigenvalue weighted by Gasteiger charge is 2.58. The summed E-state index contributed by atoms with van der Waals surface area (Å²) in [5.41, 5.74) is 4.56. The molecule has 31 heavy (non-hydrogen) atoms. The molecule has 0 aliphatic carbocycles. The van der Waals surface area contributed by atoms with Crippen LogP contribution >= 0.6 is 0 Å². The molecule has 0 unspecified atom stereocenters. The SMILES string of the molecule is C#Cc1cc([C@]2(C#N)O[C@H](COC(=O)CCCCCC)[C@@H](O)[C@H]2O)n2ncnc(N)c12. The molecule has 0 amide bonds. The Bertz CT molecular complexity index is 1040. The van der Waals surface area contributed by atoms with Crippen molar-refractivity contribution in [2.45, 2.75) is 62.9 Å². The standard InChI is InChI=1S/C21H25N5O5/c1-3-5-6-7-8-16(27)30-10-14-18(28)19(29)21(11-22,31-14)15-9-13(4-2)17-20(23)24-12-25-26(15)17/h2,9,12,14,18-19,28-29H,3,5-8,10H2,1H3,(H2,23,24,25)/t14-,18-,19-,21+/m1/s1. The molecule has 1 fully saturated rings. The van der Waals surface area contributed by atoms with Crippen molar-refractivity contribution in [3.05, 3.63) is 23.7 Å². The minimum absolute atomic E-state index is 0.0869. The van der Waals surface area contributed by atoms with E-state index in [9.17, 15) is 20.3 Å². The van der Waals surface area contributed by atoms with Crippen LogP contribution in [0.25, 0.3) is 5.52 Å². The predicted octanol–water partition coefficient (Wildman–Crippen LogP) is 0.646. The van der Waals surface area contributed by atoms with E-state index >= 15 is 0 Å². The number of nitrogens with two attached hydrogens (primary N) is 1. The molecule has 0 radical (unpaired) electrons. The summed E-state index contributed by atoms with van der Waals surface area (Å²) in [6, 6.07) is 3.36. The number of anilines is 1. The van der Waals surface area contributed by atoms with Crippen LogP contribution < -0.4 is 5.73 Å². The number of aliphatic hydroxyl groups is 2. The number of hydrogen-bond donors (Lipinski definition) is 3. The van der Waals surface area contributed by atoms with Gasteiger partial charge in [-0.2, -0.15) is 10.4 Å². The predicted molar refractivity (Wildman–Crippen MR) is 109 cm³/mol. The second-order valence-corrected chi connectivity index (χ2v) is 7.43. The van der Waals surface area contributed by atoms with Crippen LogP contribution in [0.2, 0.25) is 0 Å². The Morgan fingerprint density at radius 3 is 2.90 bits per heavy atom. The number of unbranched alkanes of at least 4 members (excludes halogenated alkanes) is 3. The van der Waals surface area contributed by atoms with Crippen LogP contribution in [0.4, 0.5) is 5.82 Å². The van der Waals surface area contributed by atoms with Gasteiger partial charge in [0.2, 0.25) is 5.60 Å². The van der Waals surface area contributed by atoms with Gasteiger partial charge in [-0.15, -0.1) is 6.42 Å². The van der Waals surface area contributed by atoms with Gasteiger partial charge in [-0.25, -0.2) is 9.50 Å². The maximum Gasteiger partial charge on any atom is 0.305 e. The first-order valence-electron chi connectivity index (χ1n) is 10.1. The normalized spacial score (nSPS) is 25.3. The lowest BCUT2D eigenvalue weighted by Crippen LogP contribution is -2.41. The molecule has 1 aliphatic heterocycles. The number of nitrogens with zero attached hydrogens (tertiary/aromatic N) is 4. The van der Waals surface area contributed by atoms with Gasteiger partial charge < -0.3 is 25.4 Å². The Hall–Kier alpha value is -3.18. The van der Waals surface area contributed by atoms with Crippen LogP contribution in [-0.2, 0) is 19.9 Å². The van der Waals surface area contributed by atoms with Crippen molar-refractivity contribution < 1.29 is 24.5 Å². The van der Waals surface area contributed by atoms with Crippen LogP contribution in [0.1, 0.15) is 50.3 Å². The molecule has 3 heterocycles. The third kappa shape index (κ3) is 4.06. The van der Waals surface area contributed by atoms with E-state index in [2.05, 4.69) is 22.9 Å². The number of esters is 1. The Balaban J connectivity index is 1.83. The number of fused-ring (bicyclic) bond motifs is 1. The van der Waals surface area contributed by atoms with Crippen LogP contribution in [0.5, 0.6) is 0 Å². The molecule has 164 valence electrons. The van der Waals surface area contributed by atoms with Gasteiger partial charge in [0.25, 0.3) is 0 Å². The molecule has 0 spiro atoms. The zero-order valence-corrected chi connectivity index (χ0v) is 17.2. The summed E-state index contributed by atoms with van der Waals surface area (Å²) in [7, 11) is 0. The van der Waals surface area contributed by atoms with Crippen LogP contribution in [0, 0.1) is 23.7 Å². The van der Waals surface area contributed by atoms with Crippen molar-refractivity contribution in [3.63, 3.8) is 0 Å². The Kier molecular flexibility index (Phi) is 6.76. The highest BCUT2D eigenvalue weighted by atomic mass is 16.6. The summed E-state index contributed by atoms with van der Waals surface area (Å²) in [6.07, 6.45) is 6.44. The summed E-state index contributed by atoms with van der Waals surface area (Å²) in [4.78, 5) is 15.9. The second kappa shape index (κ2) is 9.31. The van der Waals surface area contributed by atoms with Gasteiger partial charge in [0, 0.05) is 6.42 Å². The van der Waals surface area contributed by atoms with Crippen molar-refractivity contribution >= 4 is 17.3 Å². The third-order valence-corrected chi connectivity index (χ3v) is 5.39. The average Bonchev–Trinajstić information content (AvgIpc) is 3.27. The van der Waals surface area contributed by atoms with E-state index in [1.54, 1.807) is 0 Å². The van der Waals surface area contributed by atoms with Gasteiger partial charge in [0.1, 0.15) is 42.8 Å². The number of nitrogen functional groups attached to an aromatic ring is 1. The van der Waals surface area contributed by atoms with Crippen molar-refractivity contribution in [2.24, 2.45) is 0 Å². The van der Waals surface area contributed by atoms with Crippen molar-refractivity contribution in [3.8, 4) is 18.4 Å². The first-order chi connectivity index (χ1) is 14.9. The molecule has 0 bridgehead atoms. The molecular formula is C21H25N5O5. The average molecular weight is 427 g/mol. The van der Waals surface area contributed by atoms with Crippen LogP contribution in [-0.4, -0.2) is 55.7 Å². The molecule has 10 nitrogen and oxygen atoms in total. The minimum atomic E-state index is -2.00. The molecule has 1 saturated heterocycles. The van der Waals surface area contributed by atoms with Crippen molar-refractivity contribution in [1.29, 1.82) is 5.26 Å². The molecule has 2 aromatic heterocycles. The smallest absolute Gasteiger partial charge is 0.305 e. The van der Waals surface area contributed by atoms with Gasteiger partial charge in [0.05, 0.1) is 11.3 Å². The largest absolute Gasteiger partial charge is 0.463 e. The zero-order valence-electron chi connectivity index (χ0n) is 17.2. The number of carbonyl (C=O) groups is 1. The Labute approximate surface area is 179 Å². The molecule has 0 aromatic carbocycles. The monoisotopic (exact) mass is 427 g/mol. The molecule has 10 heteroatoms. The van der Waals surface area contributed by atoms with E-state index in [0.717, 1.165) is 19.3 Å². The number of terminal acetylenes is 1. The molecular weight excluding hydrogens is 402 g/mol. The first kappa shape index (κ1) is 22.5. The number of aliphatic hydroxyl groups excluding tert-OH is 2. The van der Waals surface area contributed by atoms with Crippen LogP contribution in [0.3, 0.4) is 0 Å². The number of aromatic nitrogens is 3. The van der Waals surface area contributed by atoms with Crippen molar-refractivity contribution in [2.75, 3.05) is 12.3 Å². The Morgan fingerprint density at radius 2 is 2.23 bits per heavy atom. The maximum absolute atomic E-state index is 12.0. The fourth-order valence-corrected chi connectivity index (χ4v) is 3.70. The zero-order chi connectivity index (χ0) is 22.6. The van der Waals surface area contributed by atoms with Gasteiger partial charge in [0.15, 0.2) is 5.82 Å². The molecule has 3 rings (SSSR count). The first-order valence-corrected chi connectivity index (χ1v) is 10.1. The van der Waals surface area contributed by atoms with E-state index in [0.29, 0.717) is 12.0 Å². The number of nitriles is 1. The van der Waals surface area contributed by atoms with E-state index in [-0.39, 0.29) is 30.1 Å². The lowest BCUT2D eigenvalue weighted by atomic mass is 9.92. The summed E-state index contributed by atoms with van der Waals surface area (Å²) in [5.74, 6) is 2.10. The van der Waals surface area contributed by atoms with E-state index in [1.165, 1.54) is 16.9 Å². The lowest BCUT2D eigenvalue weighted by molar-refractivity contribution is -0.150. The summed E-state index contributed by atoms with van der Waals surface area (Å²) in [6.45, 7) is 1.77. The van der Waals surface area contributed by atoms with E-state index in [4.69, 9.17) is 21.6 Å². The van der Waals surface area contributed by atoms with Crippen LogP contribution in [0.15, 0.2) is 12.4 Å². The number of hydrogen-bond acceptors (Lipinski definition) is 9. The highest BCUT2D eigenvalue weighted by molar-refractivity contribution is 5.75. The number of carbonyl (C=O) groups excluding carboxylic acids is 1. The fourth-order valence-electron chi connectivity index (χ4n) is 3.70. The molecule has 1 aliphatic rings. The number of rotatable bonds is 8. The third-order valence-electron chi connectivity index (χ3n) is 5.39. The summed E-state index contributed by atoms with van der Waals surface area (Å²) >= 11 is 0. The maximum atomic E-state index is 12.0. The van der Waals surface area contributed by atoms with Gasteiger partial charge in [-0.05, 0) is 12.5 Å². The van der Waals surface area contributed by atoms with E-state index < -0.39 is 29.9 Å². The van der Waals surface area contributed by atoms with E-state index in [1.807, 2.05) is 6.07 Å².